The third kappa shape index (κ3) is 12.8. The van der Waals surface area contributed by atoms with E-state index in [0.29, 0.717) is 98.1 Å². The number of hydrogen-bond donors (Lipinski definition) is 0. The van der Waals surface area contributed by atoms with Gasteiger partial charge in [0.05, 0.1) is 40.0 Å². The van der Waals surface area contributed by atoms with Gasteiger partial charge in [-0.25, -0.2) is 64.7 Å². The van der Waals surface area contributed by atoms with Crippen LogP contribution < -0.4 is 0 Å². The number of rotatable bonds is 15. The Morgan fingerprint density at radius 1 is 0.252 bits per heavy atom. The van der Waals surface area contributed by atoms with Gasteiger partial charge in [0.1, 0.15) is 11.6 Å². The quantitative estimate of drug-likeness (QED) is 0.0881. The van der Waals surface area contributed by atoms with Gasteiger partial charge in [-0.1, -0.05) is 266 Å². The molecule has 16 nitrogen and oxygen atoms in total. The molecular formula is C99H60N16. The molecule has 536 valence electrons. The molecule has 0 fully saturated rings. The summed E-state index contributed by atoms with van der Waals surface area (Å²) in [7, 11) is 0. The summed E-state index contributed by atoms with van der Waals surface area (Å²) in [6, 6.07) is 117. The van der Waals surface area contributed by atoms with Crippen molar-refractivity contribution in [3.8, 4) is 165 Å². The molecule has 0 N–H and O–H groups in total. The van der Waals surface area contributed by atoms with Crippen molar-refractivity contribution in [2.45, 2.75) is 6.92 Å². The first-order chi connectivity index (χ1) is 56.8. The highest BCUT2D eigenvalue weighted by atomic mass is 15.1. The molecular weight excluding hydrogens is 1410 g/mol. The van der Waals surface area contributed by atoms with E-state index in [-0.39, 0.29) is 0 Å². The zero-order valence-corrected chi connectivity index (χ0v) is 61.6. The lowest BCUT2D eigenvalue weighted by Gasteiger charge is -2.20. The standard InChI is InChI=1S/C99H60N16/c1-61-53-74(55-75(54-61)101-2)76-47-52-86(114-82-48-43-70(96-106-88(62-27-11-3-12-28-62)102-89(107-96)63-29-13-4-14-30-63)56-77(82)78-57-71(44-49-83(78)114)97-108-90(64-31-15-5-16-32-64)103-91(109-97)65-33-17-6-18-34-65)81(60-100)87(76)115-84-50-45-72(98-110-92(66-35-19-7-20-36-66)104-93(111-98)67-37-21-8-22-38-67)58-79(84)80-59-73(46-51-85(80)115)99-112-94(68-39-23-9-24-40-68)105-95(113-99)69-41-25-10-26-42-69/h3-59H,1H3. The Morgan fingerprint density at radius 2 is 0.496 bits per heavy atom. The van der Waals surface area contributed by atoms with Gasteiger partial charge < -0.3 is 9.13 Å². The fourth-order valence-corrected chi connectivity index (χ4v) is 15.2. The van der Waals surface area contributed by atoms with Crippen molar-refractivity contribution in [1.29, 1.82) is 5.26 Å². The van der Waals surface area contributed by atoms with Crippen LogP contribution in [0.25, 0.3) is 208 Å². The Balaban J connectivity index is 0.862. The molecule has 0 saturated carbocycles. The number of hydrogen-bond acceptors (Lipinski definition) is 13. The predicted molar refractivity (Wildman–Crippen MR) is 455 cm³/mol. The van der Waals surface area contributed by atoms with Crippen molar-refractivity contribution in [3.05, 3.63) is 368 Å². The monoisotopic (exact) mass is 1470 g/mol. The summed E-state index contributed by atoms with van der Waals surface area (Å²) in [6.45, 7) is 10.4. The first-order valence-electron chi connectivity index (χ1n) is 37.5. The third-order valence-corrected chi connectivity index (χ3v) is 20.6. The molecule has 0 aliphatic carbocycles. The molecule has 20 aromatic rings. The lowest BCUT2D eigenvalue weighted by Crippen LogP contribution is -2.06. The van der Waals surface area contributed by atoms with Crippen molar-refractivity contribution >= 4 is 49.3 Å². The molecule has 20 rings (SSSR count). The van der Waals surface area contributed by atoms with Gasteiger partial charge >= 0.3 is 0 Å². The summed E-state index contributed by atoms with van der Waals surface area (Å²) in [6.07, 6.45) is 0. The Labute approximate surface area is 660 Å². The van der Waals surface area contributed by atoms with Crippen LogP contribution >= 0.6 is 0 Å². The lowest BCUT2D eigenvalue weighted by molar-refractivity contribution is 1.07. The van der Waals surface area contributed by atoms with Crippen LogP contribution in [0.5, 0.6) is 0 Å². The second-order valence-electron chi connectivity index (χ2n) is 27.9. The Morgan fingerprint density at radius 3 is 0.739 bits per heavy atom. The van der Waals surface area contributed by atoms with E-state index >= 15 is 0 Å². The van der Waals surface area contributed by atoms with Crippen LogP contribution in [-0.2, 0) is 0 Å². The minimum Gasteiger partial charge on any atom is -0.308 e. The number of aromatic nitrogens is 14. The third-order valence-electron chi connectivity index (χ3n) is 20.6. The average Bonchev–Trinajstić information content (AvgIpc) is 1.57. The fourth-order valence-electron chi connectivity index (χ4n) is 15.2. The molecule has 0 spiro atoms. The molecule has 6 heterocycles. The largest absolute Gasteiger partial charge is 0.308 e. The summed E-state index contributed by atoms with van der Waals surface area (Å²) in [4.78, 5) is 66.3. The van der Waals surface area contributed by atoms with Gasteiger partial charge in [-0.3, -0.25) is 0 Å². The Hall–Kier alpha value is -16.3. The van der Waals surface area contributed by atoms with Gasteiger partial charge in [-0.05, 0) is 97.4 Å². The molecule has 0 saturated heterocycles. The van der Waals surface area contributed by atoms with E-state index in [2.05, 4.69) is 80.7 Å². The Bertz CT molecular complexity index is 6680. The highest BCUT2D eigenvalue weighted by Gasteiger charge is 2.28. The summed E-state index contributed by atoms with van der Waals surface area (Å²) in [5.41, 5.74) is 17.0. The summed E-state index contributed by atoms with van der Waals surface area (Å²) in [5, 5.41) is 16.0. The first-order valence-corrected chi connectivity index (χ1v) is 37.5. The second-order valence-corrected chi connectivity index (χ2v) is 27.9. The SMILES string of the molecule is [C-]#[N+]c1cc(C)cc(-c2ccc(-n3c4ccc(-c5nc(-c6ccccc6)nc(-c6ccccc6)n5)cc4c4cc(-c5nc(-c6ccccc6)nc(-c6ccccc6)n5)ccc43)c(C#N)c2-n2c3ccc(-c4nc(-c5ccccc5)nc(-c5ccccc5)n4)cc3c3cc(-c4nc(-c5ccccc5)nc(-c5ccccc5)n4)ccc32)c1. The van der Waals surface area contributed by atoms with E-state index in [1.165, 1.54) is 0 Å². The normalized spacial score (nSPS) is 11.3. The van der Waals surface area contributed by atoms with Gasteiger partial charge in [0.15, 0.2) is 75.6 Å². The van der Waals surface area contributed by atoms with Gasteiger partial charge in [0, 0.05) is 93.9 Å². The van der Waals surface area contributed by atoms with E-state index in [1.807, 2.05) is 292 Å². The molecule has 0 aliphatic rings. The molecule has 14 aromatic carbocycles. The van der Waals surface area contributed by atoms with Gasteiger partial charge in [-0.2, -0.15) is 5.26 Å². The molecule has 16 heteroatoms. The van der Waals surface area contributed by atoms with Crippen LogP contribution in [0.15, 0.2) is 346 Å². The van der Waals surface area contributed by atoms with Crippen LogP contribution in [0.4, 0.5) is 5.69 Å². The molecule has 0 radical (unpaired) electrons. The smallest absolute Gasteiger partial charge is 0.188 e. The maximum absolute atomic E-state index is 12.7. The molecule has 0 bridgehead atoms. The van der Waals surface area contributed by atoms with Crippen molar-refractivity contribution in [3.63, 3.8) is 0 Å². The predicted octanol–water partition coefficient (Wildman–Crippen LogP) is 23.0. The zero-order chi connectivity index (χ0) is 76.9. The highest BCUT2D eigenvalue weighted by Crippen LogP contribution is 2.46. The van der Waals surface area contributed by atoms with E-state index in [1.54, 1.807) is 0 Å². The average molecular weight is 1470 g/mol. The van der Waals surface area contributed by atoms with Crippen molar-refractivity contribution < 1.29 is 0 Å². The highest BCUT2D eigenvalue weighted by molar-refractivity contribution is 6.14. The Kier molecular flexibility index (Phi) is 17.1. The number of nitriles is 1. The molecule has 6 aromatic heterocycles. The van der Waals surface area contributed by atoms with Crippen LogP contribution in [0.3, 0.4) is 0 Å². The first kappa shape index (κ1) is 68.0. The summed E-state index contributed by atoms with van der Waals surface area (Å²) in [5.74, 6) is 6.01. The van der Waals surface area contributed by atoms with Crippen LogP contribution in [0.1, 0.15) is 11.1 Å². The zero-order valence-electron chi connectivity index (χ0n) is 61.6. The molecule has 0 atom stereocenters. The van der Waals surface area contributed by atoms with Gasteiger partial charge in [0.25, 0.3) is 0 Å². The van der Waals surface area contributed by atoms with E-state index < -0.39 is 0 Å². The fraction of sp³-hybridized carbons (Fsp3) is 0.0101. The molecule has 0 aliphatic heterocycles. The molecule has 0 amide bonds. The number of aryl methyl sites for hydroxylation is 1. The van der Waals surface area contributed by atoms with Crippen LogP contribution in [0.2, 0.25) is 0 Å². The topological polar surface area (TPSA) is 193 Å². The van der Waals surface area contributed by atoms with Crippen LogP contribution in [0, 0.1) is 24.8 Å². The molecule has 115 heavy (non-hydrogen) atoms. The van der Waals surface area contributed by atoms with Gasteiger partial charge in [0.2, 0.25) is 0 Å². The number of nitrogens with zero attached hydrogens (tertiary/aromatic N) is 16. The lowest BCUT2D eigenvalue weighted by atomic mass is 9.96. The van der Waals surface area contributed by atoms with Crippen LogP contribution in [-0.4, -0.2) is 68.9 Å². The van der Waals surface area contributed by atoms with Crippen molar-refractivity contribution in [2.24, 2.45) is 0 Å². The number of benzene rings is 14. The maximum Gasteiger partial charge on any atom is 0.188 e. The number of fused-ring (bicyclic) bond motifs is 6. The van der Waals surface area contributed by atoms with Crippen molar-refractivity contribution in [1.82, 2.24) is 68.9 Å². The van der Waals surface area contributed by atoms with E-state index in [4.69, 9.17) is 66.4 Å². The summed E-state index contributed by atoms with van der Waals surface area (Å²) >= 11 is 0. The molecule has 0 unspecified atom stereocenters. The summed E-state index contributed by atoms with van der Waals surface area (Å²) < 4.78 is 4.37. The second kappa shape index (κ2) is 28.9. The maximum atomic E-state index is 12.7. The minimum atomic E-state index is 0.340. The van der Waals surface area contributed by atoms with Gasteiger partial charge in [-0.15, -0.1) is 0 Å². The van der Waals surface area contributed by atoms with E-state index in [0.717, 1.165) is 122 Å². The minimum absolute atomic E-state index is 0.340. The van der Waals surface area contributed by atoms with E-state index in [9.17, 15) is 5.26 Å². The van der Waals surface area contributed by atoms with Crippen molar-refractivity contribution in [2.75, 3.05) is 0 Å².